The summed E-state index contributed by atoms with van der Waals surface area (Å²) in [6.45, 7) is 1.06. The topological polar surface area (TPSA) is 104 Å². The van der Waals surface area contributed by atoms with E-state index >= 15 is 0 Å². The van der Waals surface area contributed by atoms with Crippen molar-refractivity contribution in [1.82, 2.24) is 0 Å². The number of aliphatic hydroxyl groups excluding tert-OH is 3. The van der Waals surface area contributed by atoms with Gasteiger partial charge in [-0.25, -0.2) is 4.39 Å². The van der Waals surface area contributed by atoms with Crippen molar-refractivity contribution in [2.24, 2.45) is 5.41 Å². The molecule has 0 aliphatic heterocycles. The second-order valence-electron chi connectivity index (χ2n) is 6.54. The molecule has 6 nitrogen and oxygen atoms in total. The first-order chi connectivity index (χ1) is 11.8. The lowest BCUT2D eigenvalue weighted by Crippen LogP contribution is -2.29. The van der Waals surface area contributed by atoms with Crippen molar-refractivity contribution in [3.05, 3.63) is 29.6 Å². The Balaban J connectivity index is 0.000000333. The number of methoxy groups -OCH3 is 1. The average Bonchev–Trinajstić information content (AvgIpc) is 2.60. The van der Waals surface area contributed by atoms with Crippen LogP contribution in [0.3, 0.4) is 0 Å². The van der Waals surface area contributed by atoms with Gasteiger partial charge in [0.15, 0.2) is 11.6 Å². The normalized spacial score (nSPS) is 15.6. The summed E-state index contributed by atoms with van der Waals surface area (Å²) in [5.74, 6) is -0.619. The van der Waals surface area contributed by atoms with E-state index in [1.54, 1.807) is 13.0 Å². The number of ether oxygens (including phenoxy) is 1. The highest BCUT2D eigenvalue weighted by atomic mass is 19.1. The fourth-order valence-corrected chi connectivity index (χ4v) is 2.31. The molecule has 7 heteroatoms. The van der Waals surface area contributed by atoms with Crippen LogP contribution in [0, 0.1) is 11.2 Å². The van der Waals surface area contributed by atoms with E-state index in [1.165, 1.54) is 19.2 Å². The van der Waals surface area contributed by atoms with Crippen molar-refractivity contribution >= 4 is 11.6 Å². The van der Waals surface area contributed by atoms with E-state index < -0.39 is 11.2 Å². The molecule has 1 aliphatic rings. The first-order valence-corrected chi connectivity index (χ1v) is 7.98. The Labute approximate surface area is 146 Å². The molecule has 0 atom stereocenters. The maximum absolute atomic E-state index is 13.5. The average molecular weight is 356 g/mol. The fraction of sp³-hybridized carbons (Fsp3) is 0.556. The molecule has 3 N–H and O–H groups in total. The molecule has 0 spiro atoms. The largest absolute Gasteiger partial charge is 0.494 e. The van der Waals surface area contributed by atoms with Gasteiger partial charge in [0.2, 0.25) is 0 Å². The highest BCUT2D eigenvalue weighted by Gasteiger charge is 2.27. The molecule has 0 heterocycles. The minimum atomic E-state index is -0.708. The monoisotopic (exact) mass is 356 g/mol. The third kappa shape index (κ3) is 6.19. The van der Waals surface area contributed by atoms with Gasteiger partial charge in [0.1, 0.15) is 11.6 Å². The summed E-state index contributed by atoms with van der Waals surface area (Å²) in [6.07, 6.45) is 0.657. The van der Waals surface area contributed by atoms with E-state index in [9.17, 15) is 14.0 Å². The second kappa shape index (κ2) is 9.60. The molecule has 0 bridgehead atoms. The number of hydrogen-bond donors (Lipinski definition) is 3. The molecule has 1 aliphatic carbocycles. The van der Waals surface area contributed by atoms with Crippen LogP contribution in [0.25, 0.3) is 0 Å². The van der Waals surface area contributed by atoms with Crippen LogP contribution in [0.2, 0.25) is 0 Å². The van der Waals surface area contributed by atoms with Crippen LogP contribution >= 0.6 is 0 Å². The van der Waals surface area contributed by atoms with E-state index in [0.29, 0.717) is 18.4 Å². The van der Waals surface area contributed by atoms with E-state index in [2.05, 4.69) is 0 Å². The number of aliphatic hydroxyl groups is 3. The molecular formula is C18H25FO6. The fourth-order valence-electron chi connectivity index (χ4n) is 2.31. The predicted molar refractivity (Wildman–Crippen MR) is 88.9 cm³/mol. The van der Waals surface area contributed by atoms with Gasteiger partial charge in [-0.1, -0.05) is 13.0 Å². The summed E-state index contributed by atoms with van der Waals surface area (Å²) in [4.78, 5) is 22.7. The summed E-state index contributed by atoms with van der Waals surface area (Å²) in [7, 11) is 1.39. The highest BCUT2D eigenvalue weighted by molar-refractivity contribution is 6.02. The number of halogens is 1. The smallest absolute Gasteiger partial charge is 0.165 e. The third-order valence-electron chi connectivity index (χ3n) is 4.13. The zero-order chi connectivity index (χ0) is 19.0. The summed E-state index contributed by atoms with van der Waals surface area (Å²) < 4.78 is 18.3. The summed E-state index contributed by atoms with van der Waals surface area (Å²) in [5, 5.41) is 25.4. The molecule has 0 unspecified atom stereocenters. The van der Waals surface area contributed by atoms with E-state index in [0.717, 1.165) is 0 Å². The zero-order valence-electron chi connectivity index (χ0n) is 14.5. The lowest BCUT2D eigenvalue weighted by molar-refractivity contribution is -0.130. The number of carbonyl (C=O) groups excluding carboxylic acids is 2. The minimum absolute atomic E-state index is 0.0230. The van der Waals surface area contributed by atoms with Crippen molar-refractivity contribution in [3.63, 3.8) is 0 Å². The first-order valence-electron chi connectivity index (χ1n) is 7.98. The molecule has 0 aromatic heterocycles. The zero-order valence-corrected chi connectivity index (χ0v) is 14.5. The minimum Gasteiger partial charge on any atom is -0.494 e. The summed E-state index contributed by atoms with van der Waals surface area (Å²) in [6, 6.07) is 4.57. The Bertz CT molecular complexity index is 573. The van der Waals surface area contributed by atoms with Gasteiger partial charge in [0.25, 0.3) is 0 Å². The lowest BCUT2D eigenvalue weighted by atomic mass is 9.82. The summed E-state index contributed by atoms with van der Waals surface area (Å²) in [5.41, 5.74) is -0.0234. The Morgan fingerprint density at radius 3 is 2.00 bits per heavy atom. The van der Waals surface area contributed by atoms with E-state index in [4.69, 9.17) is 20.1 Å². The predicted octanol–water partition coefficient (Wildman–Crippen LogP) is 1.21. The van der Waals surface area contributed by atoms with Crippen LogP contribution in [-0.2, 0) is 9.59 Å². The Hall–Kier alpha value is -1.83. The second-order valence-corrected chi connectivity index (χ2v) is 6.54. The maximum Gasteiger partial charge on any atom is 0.165 e. The standard InChI is InChI=1S/C13H13FO3.C5H12O3/c1-17-13-3-2-8(6-12(13)14)9-4-10(15)7-11(16)5-9;1-5(2-6,3-7)4-8/h2-3,6,9H,4-5,7H2,1H3;6-8H,2-4H2,1H3. The summed E-state index contributed by atoms with van der Waals surface area (Å²) >= 11 is 0. The number of benzene rings is 1. The van der Waals surface area contributed by atoms with Crippen molar-refractivity contribution in [3.8, 4) is 5.75 Å². The van der Waals surface area contributed by atoms with Gasteiger partial charge in [-0.05, 0) is 23.6 Å². The molecule has 0 saturated heterocycles. The molecule has 140 valence electrons. The highest BCUT2D eigenvalue weighted by Crippen LogP contribution is 2.31. The van der Waals surface area contributed by atoms with Crippen molar-refractivity contribution in [2.45, 2.75) is 32.1 Å². The Morgan fingerprint density at radius 1 is 1.12 bits per heavy atom. The number of rotatable bonds is 5. The Morgan fingerprint density at radius 2 is 1.64 bits per heavy atom. The van der Waals surface area contributed by atoms with Crippen LogP contribution < -0.4 is 4.74 Å². The van der Waals surface area contributed by atoms with Crippen molar-refractivity contribution < 1.29 is 34.0 Å². The van der Waals surface area contributed by atoms with E-state index in [-0.39, 0.29) is 49.5 Å². The quantitative estimate of drug-likeness (QED) is 0.685. The maximum atomic E-state index is 13.5. The van der Waals surface area contributed by atoms with Gasteiger partial charge in [0, 0.05) is 18.3 Å². The molecule has 2 rings (SSSR count). The molecule has 1 fully saturated rings. The molecule has 0 amide bonds. The molecular weight excluding hydrogens is 331 g/mol. The molecule has 0 radical (unpaired) electrons. The number of carbonyl (C=O) groups is 2. The van der Waals surface area contributed by atoms with Gasteiger partial charge in [0.05, 0.1) is 33.4 Å². The van der Waals surface area contributed by atoms with Crippen LogP contribution in [0.4, 0.5) is 4.39 Å². The SMILES string of the molecule is CC(CO)(CO)CO.COc1ccc(C2CC(=O)CC(=O)C2)cc1F. The van der Waals surface area contributed by atoms with Crippen molar-refractivity contribution in [1.29, 1.82) is 0 Å². The van der Waals surface area contributed by atoms with Crippen LogP contribution in [0.1, 0.15) is 37.7 Å². The third-order valence-corrected chi connectivity index (χ3v) is 4.13. The Kier molecular flexibility index (Phi) is 8.15. The number of hydrogen-bond acceptors (Lipinski definition) is 6. The van der Waals surface area contributed by atoms with Crippen LogP contribution in [-0.4, -0.2) is 53.8 Å². The van der Waals surface area contributed by atoms with E-state index in [1.807, 2.05) is 0 Å². The van der Waals surface area contributed by atoms with Crippen LogP contribution in [0.15, 0.2) is 18.2 Å². The van der Waals surface area contributed by atoms with Gasteiger partial charge < -0.3 is 20.1 Å². The first kappa shape index (κ1) is 21.2. The van der Waals surface area contributed by atoms with Gasteiger partial charge in [-0.15, -0.1) is 0 Å². The van der Waals surface area contributed by atoms with Gasteiger partial charge in [-0.2, -0.15) is 0 Å². The number of Topliss-reactive ketones (excluding diaryl/α,β-unsaturated/α-hetero) is 2. The van der Waals surface area contributed by atoms with Gasteiger partial charge in [-0.3, -0.25) is 9.59 Å². The van der Waals surface area contributed by atoms with Gasteiger partial charge >= 0.3 is 0 Å². The lowest BCUT2D eigenvalue weighted by Gasteiger charge is -2.20. The van der Waals surface area contributed by atoms with Crippen LogP contribution in [0.5, 0.6) is 5.75 Å². The number of ketones is 2. The molecule has 1 saturated carbocycles. The molecule has 25 heavy (non-hydrogen) atoms. The molecule has 1 aromatic carbocycles. The van der Waals surface area contributed by atoms with Crippen molar-refractivity contribution in [2.75, 3.05) is 26.9 Å². The molecule has 1 aromatic rings.